The Morgan fingerprint density at radius 2 is 1.37 bits per heavy atom. The standard InChI is InChI=1S/C12H20O2.C11H18O2/c1-8(2)12(13)14-10(4)11-6-5-9(3)7-11;1-4-11(12)13-9(3)10-6-5-8(2)7-10/h9-11H,1,5-7H2,2-4H3;4,8-10H,1,5-7H2,2-3H3. The van der Waals surface area contributed by atoms with Gasteiger partial charge in [-0.05, 0) is 70.1 Å². The summed E-state index contributed by atoms with van der Waals surface area (Å²) >= 11 is 0. The van der Waals surface area contributed by atoms with Gasteiger partial charge in [-0.3, -0.25) is 0 Å². The molecule has 4 heteroatoms. The molecule has 4 nitrogen and oxygen atoms in total. The third kappa shape index (κ3) is 8.32. The summed E-state index contributed by atoms with van der Waals surface area (Å²) in [5, 5.41) is 0. The van der Waals surface area contributed by atoms with Crippen molar-refractivity contribution in [2.75, 3.05) is 0 Å². The van der Waals surface area contributed by atoms with E-state index < -0.39 is 0 Å². The first-order chi connectivity index (χ1) is 12.6. The molecule has 0 aromatic carbocycles. The van der Waals surface area contributed by atoms with Crippen molar-refractivity contribution < 1.29 is 19.1 Å². The Morgan fingerprint density at radius 1 is 0.926 bits per heavy atom. The van der Waals surface area contributed by atoms with E-state index in [0.717, 1.165) is 11.8 Å². The fourth-order valence-electron chi connectivity index (χ4n) is 4.05. The Bertz CT molecular complexity index is 524. The van der Waals surface area contributed by atoms with E-state index >= 15 is 0 Å². The fourth-order valence-corrected chi connectivity index (χ4v) is 4.05. The van der Waals surface area contributed by atoms with Crippen molar-refractivity contribution in [3.8, 4) is 0 Å². The van der Waals surface area contributed by atoms with E-state index in [1.807, 2.05) is 13.8 Å². The number of carbonyl (C=O) groups excluding carboxylic acids is 2. The topological polar surface area (TPSA) is 52.6 Å². The molecule has 0 spiro atoms. The van der Waals surface area contributed by atoms with Crippen LogP contribution in [0.3, 0.4) is 0 Å². The van der Waals surface area contributed by atoms with Crippen molar-refractivity contribution in [1.29, 1.82) is 0 Å². The van der Waals surface area contributed by atoms with E-state index in [1.54, 1.807) is 6.92 Å². The molecule has 6 unspecified atom stereocenters. The van der Waals surface area contributed by atoms with Gasteiger partial charge in [0.1, 0.15) is 12.2 Å². The van der Waals surface area contributed by atoms with Crippen LogP contribution < -0.4 is 0 Å². The molecule has 0 radical (unpaired) electrons. The summed E-state index contributed by atoms with van der Waals surface area (Å²) in [6.07, 6.45) is 8.60. The summed E-state index contributed by atoms with van der Waals surface area (Å²) in [5.41, 5.74) is 0.489. The number of ether oxygens (including phenoxy) is 2. The highest BCUT2D eigenvalue weighted by Gasteiger charge is 2.29. The SMILES string of the molecule is C=C(C)C(=O)OC(C)C1CCC(C)C1.C=CC(=O)OC(C)C1CCC(C)C1. The Balaban J connectivity index is 0.000000271. The summed E-state index contributed by atoms with van der Waals surface area (Å²) in [6.45, 7) is 17.1. The maximum absolute atomic E-state index is 11.3. The summed E-state index contributed by atoms with van der Waals surface area (Å²) in [7, 11) is 0. The van der Waals surface area contributed by atoms with Crippen molar-refractivity contribution in [3.63, 3.8) is 0 Å². The number of esters is 2. The van der Waals surface area contributed by atoms with Crippen molar-refractivity contribution in [2.45, 2.75) is 85.4 Å². The van der Waals surface area contributed by atoms with E-state index in [-0.39, 0.29) is 24.1 Å². The van der Waals surface area contributed by atoms with E-state index in [0.29, 0.717) is 17.4 Å². The van der Waals surface area contributed by atoms with Gasteiger partial charge in [0, 0.05) is 11.6 Å². The summed E-state index contributed by atoms with van der Waals surface area (Å²) in [5.74, 6) is 2.12. The van der Waals surface area contributed by atoms with Crippen molar-refractivity contribution in [3.05, 3.63) is 24.8 Å². The zero-order chi connectivity index (χ0) is 20.6. The second-order valence-electron chi connectivity index (χ2n) is 8.59. The van der Waals surface area contributed by atoms with Crippen LogP contribution in [0.25, 0.3) is 0 Å². The van der Waals surface area contributed by atoms with Gasteiger partial charge in [-0.2, -0.15) is 0 Å². The third-order valence-corrected chi connectivity index (χ3v) is 5.91. The first kappa shape index (κ1) is 23.5. The molecule has 2 fully saturated rings. The van der Waals surface area contributed by atoms with Gasteiger partial charge >= 0.3 is 11.9 Å². The molecular formula is C23H38O4. The van der Waals surface area contributed by atoms with Crippen LogP contribution in [0.1, 0.15) is 73.1 Å². The first-order valence-corrected chi connectivity index (χ1v) is 10.3. The van der Waals surface area contributed by atoms with E-state index in [9.17, 15) is 9.59 Å². The highest BCUT2D eigenvalue weighted by molar-refractivity contribution is 5.87. The van der Waals surface area contributed by atoms with Crippen LogP contribution in [-0.4, -0.2) is 24.1 Å². The lowest BCUT2D eigenvalue weighted by atomic mass is 10.0. The molecule has 0 heterocycles. The summed E-state index contributed by atoms with van der Waals surface area (Å²) in [6, 6.07) is 0. The number of hydrogen-bond acceptors (Lipinski definition) is 4. The lowest BCUT2D eigenvalue weighted by molar-refractivity contribution is -0.146. The first-order valence-electron chi connectivity index (χ1n) is 10.3. The molecule has 2 rings (SSSR count). The molecule has 154 valence electrons. The predicted molar refractivity (Wildman–Crippen MR) is 109 cm³/mol. The molecule has 0 bridgehead atoms. The average Bonchev–Trinajstić information content (AvgIpc) is 3.23. The van der Waals surface area contributed by atoms with Crippen molar-refractivity contribution in [1.82, 2.24) is 0 Å². The van der Waals surface area contributed by atoms with E-state index in [2.05, 4.69) is 27.0 Å². The molecule has 2 aliphatic rings. The minimum atomic E-state index is -0.299. The van der Waals surface area contributed by atoms with Gasteiger partial charge in [0.25, 0.3) is 0 Å². The van der Waals surface area contributed by atoms with Gasteiger partial charge in [-0.25, -0.2) is 9.59 Å². The second kappa shape index (κ2) is 11.3. The summed E-state index contributed by atoms with van der Waals surface area (Å²) in [4.78, 5) is 22.2. The quantitative estimate of drug-likeness (QED) is 0.454. The van der Waals surface area contributed by atoms with Crippen LogP contribution in [0.5, 0.6) is 0 Å². The second-order valence-corrected chi connectivity index (χ2v) is 8.59. The molecule has 2 aliphatic carbocycles. The van der Waals surface area contributed by atoms with E-state index in [1.165, 1.54) is 44.6 Å². The van der Waals surface area contributed by atoms with Gasteiger partial charge in [-0.15, -0.1) is 0 Å². The number of hydrogen-bond donors (Lipinski definition) is 0. The maximum Gasteiger partial charge on any atom is 0.333 e. The third-order valence-electron chi connectivity index (χ3n) is 5.91. The highest BCUT2D eigenvalue weighted by Crippen LogP contribution is 2.34. The maximum atomic E-state index is 11.3. The highest BCUT2D eigenvalue weighted by atomic mass is 16.5. The Kier molecular flexibility index (Phi) is 9.82. The van der Waals surface area contributed by atoms with Gasteiger partial charge < -0.3 is 9.47 Å². The molecule has 0 aromatic heterocycles. The molecule has 6 atom stereocenters. The molecule has 0 aliphatic heterocycles. The number of carbonyl (C=O) groups is 2. The van der Waals surface area contributed by atoms with Gasteiger partial charge in [0.2, 0.25) is 0 Å². The number of rotatable bonds is 6. The Morgan fingerprint density at radius 3 is 1.70 bits per heavy atom. The minimum Gasteiger partial charge on any atom is -0.459 e. The van der Waals surface area contributed by atoms with Gasteiger partial charge in [0.05, 0.1) is 0 Å². The normalized spacial score (nSPS) is 29.1. The van der Waals surface area contributed by atoms with E-state index in [4.69, 9.17) is 9.47 Å². The molecule has 0 aromatic rings. The molecule has 0 saturated heterocycles. The van der Waals surface area contributed by atoms with Crippen LogP contribution in [0, 0.1) is 23.7 Å². The van der Waals surface area contributed by atoms with Crippen LogP contribution in [0.15, 0.2) is 24.8 Å². The van der Waals surface area contributed by atoms with Crippen LogP contribution in [0.4, 0.5) is 0 Å². The van der Waals surface area contributed by atoms with Gasteiger partial charge in [-0.1, -0.05) is 39.8 Å². The predicted octanol–water partition coefficient (Wildman–Crippen LogP) is 5.47. The summed E-state index contributed by atoms with van der Waals surface area (Å²) < 4.78 is 10.5. The lowest BCUT2D eigenvalue weighted by Crippen LogP contribution is -2.22. The van der Waals surface area contributed by atoms with Crippen molar-refractivity contribution >= 4 is 11.9 Å². The minimum absolute atomic E-state index is 0.0455. The zero-order valence-corrected chi connectivity index (χ0v) is 17.8. The van der Waals surface area contributed by atoms with Crippen molar-refractivity contribution in [2.24, 2.45) is 23.7 Å². The van der Waals surface area contributed by atoms with Crippen LogP contribution in [0.2, 0.25) is 0 Å². The fraction of sp³-hybridized carbons (Fsp3) is 0.739. The molecule has 2 saturated carbocycles. The van der Waals surface area contributed by atoms with Crippen LogP contribution >= 0.6 is 0 Å². The largest absolute Gasteiger partial charge is 0.459 e. The Labute approximate surface area is 165 Å². The average molecular weight is 379 g/mol. The zero-order valence-electron chi connectivity index (χ0n) is 17.8. The molecule has 0 amide bonds. The molecule has 0 N–H and O–H groups in total. The smallest absolute Gasteiger partial charge is 0.333 e. The molecular weight excluding hydrogens is 340 g/mol. The van der Waals surface area contributed by atoms with Gasteiger partial charge in [0.15, 0.2) is 0 Å². The lowest BCUT2D eigenvalue weighted by Gasteiger charge is -2.19. The monoisotopic (exact) mass is 378 g/mol. The Hall–Kier alpha value is -1.58. The van der Waals surface area contributed by atoms with Crippen LogP contribution in [-0.2, 0) is 19.1 Å². The molecule has 27 heavy (non-hydrogen) atoms.